The second-order valence-electron chi connectivity index (χ2n) is 4.87. The highest BCUT2D eigenvalue weighted by Crippen LogP contribution is 2.24. The average molecular weight is 293 g/mol. The lowest BCUT2D eigenvalue weighted by molar-refractivity contribution is 0.595. The maximum Gasteiger partial charge on any atom is 0.184 e. The van der Waals surface area contributed by atoms with E-state index in [2.05, 4.69) is 0 Å². The third-order valence-electron chi connectivity index (χ3n) is 3.16. The highest BCUT2D eigenvalue weighted by Gasteiger charge is 2.19. The number of nitrogen functional groups attached to an aromatic ring is 1. The fourth-order valence-corrected chi connectivity index (χ4v) is 3.60. The first-order valence-corrected chi connectivity index (χ1v) is 7.79. The molecule has 0 amide bonds. The molecular formula is C15H16FNO2S. The molecule has 2 aromatic carbocycles. The Balaban J connectivity index is 2.43. The van der Waals surface area contributed by atoms with E-state index in [0.717, 1.165) is 11.1 Å². The molecule has 20 heavy (non-hydrogen) atoms. The van der Waals surface area contributed by atoms with Crippen molar-refractivity contribution in [1.29, 1.82) is 0 Å². The zero-order valence-corrected chi connectivity index (χ0v) is 12.2. The standard InChI is InChI=1S/C15H16FNO2S/c1-10-3-6-15(14(17)7-10)20(18,19)9-12-8-13(16)5-4-11(12)2/h3-8H,9,17H2,1-2H3. The van der Waals surface area contributed by atoms with Crippen LogP contribution in [-0.2, 0) is 15.6 Å². The summed E-state index contributed by atoms with van der Waals surface area (Å²) in [5, 5.41) is 0. The third kappa shape index (κ3) is 2.99. The van der Waals surface area contributed by atoms with Crippen LogP contribution in [0.25, 0.3) is 0 Å². The van der Waals surface area contributed by atoms with E-state index in [4.69, 9.17) is 5.73 Å². The minimum atomic E-state index is -3.59. The van der Waals surface area contributed by atoms with Crippen molar-refractivity contribution in [2.24, 2.45) is 0 Å². The van der Waals surface area contributed by atoms with Crippen LogP contribution in [0.3, 0.4) is 0 Å². The molecule has 2 aromatic rings. The van der Waals surface area contributed by atoms with Crippen LogP contribution in [0.5, 0.6) is 0 Å². The van der Waals surface area contributed by atoms with Gasteiger partial charge in [0.15, 0.2) is 9.84 Å². The Bertz CT molecular complexity index is 754. The smallest absolute Gasteiger partial charge is 0.184 e. The highest BCUT2D eigenvalue weighted by molar-refractivity contribution is 7.90. The monoisotopic (exact) mass is 293 g/mol. The van der Waals surface area contributed by atoms with E-state index in [1.807, 2.05) is 6.92 Å². The van der Waals surface area contributed by atoms with E-state index >= 15 is 0 Å². The van der Waals surface area contributed by atoms with Crippen molar-refractivity contribution in [3.8, 4) is 0 Å². The number of benzene rings is 2. The first kappa shape index (κ1) is 14.5. The molecule has 0 bridgehead atoms. The number of rotatable bonds is 3. The van der Waals surface area contributed by atoms with Gasteiger partial charge in [-0.25, -0.2) is 12.8 Å². The molecule has 0 aliphatic rings. The van der Waals surface area contributed by atoms with Gasteiger partial charge in [0.05, 0.1) is 16.3 Å². The van der Waals surface area contributed by atoms with Crippen LogP contribution in [-0.4, -0.2) is 8.42 Å². The zero-order valence-electron chi connectivity index (χ0n) is 11.4. The highest BCUT2D eigenvalue weighted by atomic mass is 32.2. The van der Waals surface area contributed by atoms with Gasteiger partial charge in [-0.1, -0.05) is 12.1 Å². The quantitative estimate of drug-likeness (QED) is 0.885. The van der Waals surface area contributed by atoms with Gasteiger partial charge >= 0.3 is 0 Å². The lowest BCUT2D eigenvalue weighted by Crippen LogP contribution is -2.09. The summed E-state index contributed by atoms with van der Waals surface area (Å²) in [6.45, 7) is 3.59. The predicted molar refractivity (Wildman–Crippen MR) is 77.6 cm³/mol. The van der Waals surface area contributed by atoms with Gasteiger partial charge < -0.3 is 5.73 Å². The van der Waals surface area contributed by atoms with Gasteiger partial charge in [-0.15, -0.1) is 0 Å². The Kier molecular flexibility index (Phi) is 3.81. The molecule has 0 spiro atoms. The van der Waals surface area contributed by atoms with E-state index in [0.29, 0.717) is 5.56 Å². The summed E-state index contributed by atoms with van der Waals surface area (Å²) in [6.07, 6.45) is 0. The van der Waals surface area contributed by atoms with Crippen molar-refractivity contribution in [1.82, 2.24) is 0 Å². The molecule has 3 nitrogen and oxygen atoms in total. The van der Waals surface area contributed by atoms with E-state index in [9.17, 15) is 12.8 Å². The fraction of sp³-hybridized carbons (Fsp3) is 0.200. The van der Waals surface area contributed by atoms with Crippen molar-refractivity contribution in [2.75, 3.05) is 5.73 Å². The SMILES string of the molecule is Cc1ccc(S(=O)(=O)Cc2cc(F)ccc2C)c(N)c1. The zero-order chi connectivity index (χ0) is 14.9. The molecular weight excluding hydrogens is 277 g/mol. The van der Waals surface area contributed by atoms with Gasteiger partial charge in [-0.2, -0.15) is 0 Å². The molecule has 2 N–H and O–H groups in total. The van der Waals surface area contributed by atoms with E-state index in [1.54, 1.807) is 25.1 Å². The number of sulfone groups is 1. The van der Waals surface area contributed by atoms with E-state index in [1.165, 1.54) is 18.2 Å². The summed E-state index contributed by atoms with van der Waals surface area (Å²) >= 11 is 0. The second kappa shape index (κ2) is 5.25. The summed E-state index contributed by atoms with van der Waals surface area (Å²) in [7, 11) is -3.59. The Hall–Kier alpha value is -1.88. The Morgan fingerprint density at radius 2 is 1.80 bits per heavy atom. The average Bonchev–Trinajstić information content (AvgIpc) is 2.33. The molecule has 0 atom stereocenters. The van der Waals surface area contributed by atoms with Gasteiger partial charge in [0.25, 0.3) is 0 Å². The number of aryl methyl sites for hydroxylation is 2. The number of hydrogen-bond donors (Lipinski definition) is 1. The Morgan fingerprint density at radius 3 is 2.45 bits per heavy atom. The van der Waals surface area contributed by atoms with Gasteiger partial charge in [0, 0.05) is 0 Å². The summed E-state index contributed by atoms with van der Waals surface area (Å²) in [4.78, 5) is 0.0896. The third-order valence-corrected chi connectivity index (χ3v) is 4.89. The van der Waals surface area contributed by atoms with Gasteiger partial charge in [-0.3, -0.25) is 0 Å². The molecule has 0 saturated heterocycles. The van der Waals surface area contributed by atoms with Gasteiger partial charge in [0.2, 0.25) is 0 Å². The normalized spacial score (nSPS) is 11.6. The van der Waals surface area contributed by atoms with Crippen LogP contribution in [0.15, 0.2) is 41.3 Å². The summed E-state index contributed by atoms with van der Waals surface area (Å²) < 4.78 is 38.0. The fourth-order valence-electron chi connectivity index (χ4n) is 2.03. The van der Waals surface area contributed by atoms with Crippen molar-refractivity contribution >= 4 is 15.5 Å². The van der Waals surface area contributed by atoms with Gasteiger partial charge in [-0.05, 0) is 54.8 Å². The van der Waals surface area contributed by atoms with Crippen LogP contribution in [0.4, 0.5) is 10.1 Å². The number of hydrogen-bond acceptors (Lipinski definition) is 3. The molecule has 106 valence electrons. The predicted octanol–water partition coefficient (Wildman–Crippen LogP) is 3.00. The van der Waals surface area contributed by atoms with Crippen molar-refractivity contribution in [2.45, 2.75) is 24.5 Å². The molecule has 0 heterocycles. The maximum atomic E-state index is 13.2. The molecule has 0 saturated carbocycles. The molecule has 0 aromatic heterocycles. The van der Waals surface area contributed by atoms with Crippen molar-refractivity contribution in [3.63, 3.8) is 0 Å². The second-order valence-corrected chi connectivity index (χ2v) is 6.83. The lowest BCUT2D eigenvalue weighted by Gasteiger charge is -2.10. The summed E-state index contributed by atoms with van der Waals surface area (Å²) in [5.74, 6) is -0.707. The molecule has 0 aliphatic heterocycles. The van der Waals surface area contributed by atoms with Crippen LogP contribution < -0.4 is 5.73 Å². The summed E-state index contributed by atoms with van der Waals surface area (Å²) in [6, 6.07) is 8.93. The number of nitrogens with two attached hydrogens (primary N) is 1. The minimum absolute atomic E-state index is 0.0896. The van der Waals surface area contributed by atoms with Crippen molar-refractivity contribution < 1.29 is 12.8 Å². The summed E-state index contributed by atoms with van der Waals surface area (Å²) in [5.41, 5.74) is 8.08. The van der Waals surface area contributed by atoms with Crippen LogP contribution >= 0.6 is 0 Å². The molecule has 0 aliphatic carbocycles. The van der Waals surface area contributed by atoms with E-state index < -0.39 is 15.7 Å². The number of anilines is 1. The molecule has 2 rings (SSSR count). The number of halogens is 1. The lowest BCUT2D eigenvalue weighted by atomic mass is 10.1. The first-order valence-electron chi connectivity index (χ1n) is 6.13. The molecule has 5 heteroatoms. The van der Waals surface area contributed by atoms with Crippen LogP contribution in [0.2, 0.25) is 0 Å². The largest absolute Gasteiger partial charge is 0.398 e. The van der Waals surface area contributed by atoms with Crippen molar-refractivity contribution in [3.05, 3.63) is 58.9 Å². The van der Waals surface area contributed by atoms with Crippen LogP contribution in [0, 0.1) is 19.7 Å². The molecule has 0 fully saturated rings. The maximum absolute atomic E-state index is 13.2. The Labute approximate surface area is 118 Å². The minimum Gasteiger partial charge on any atom is -0.398 e. The topological polar surface area (TPSA) is 60.2 Å². The van der Waals surface area contributed by atoms with Gasteiger partial charge in [0.1, 0.15) is 5.82 Å². The van der Waals surface area contributed by atoms with Crippen LogP contribution in [0.1, 0.15) is 16.7 Å². The van der Waals surface area contributed by atoms with E-state index in [-0.39, 0.29) is 16.3 Å². The first-order chi connectivity index (χ1) is 9.29. The Morgan fingerprint density at radius 1 is 1.10 bits per heavy atom. The molecule has 0 radical (unpaired) electrons. The molecule has 0 unspecified atom stereocenters.